The Bertz CT molecular complexity index is 3000. The molecule has 301 valence electrons. The van der Waals surface area contributed by atoms with Crippen LogP contribution in [0.3, 0.4) is 0 Å². The predicted octanol–water partition coefficient (Wildman–Crippen LogP) is 0.417. The van der Waals surface area contributed by atoms with Crippen LogP contribution in [0, 0.1) is 24.0 Å². The van der Waals surface area contributed by atoms with E-state index in [9.17, 15) is 42.9 Å². The van der Waals surface area contributed by atoms with Gasteiger partial charge < -0.3 is 34.3 Å². The number of azo groups is 3. The van der Waals surface area contributed by atoms with Crippen molar-refractivity contribution in [3.05, 3.63) is 164 Å². The van der Waals surface area contributed by atoms with Gasteiger partial charge in [-0.2, -0.15) is 20.5 Å². The Hall–Kier alpha value is -5.64. The minimum absolute atomic E-state index is 0. The maximum Gasteiger partial charge on any atom is 3.00 e. The number of hydrogen-bond acceptors (Lipinski definition) is 15. The molecule has 0 unspecified atom stereocenters. The Labute approximate surface area is 406 Å². The molecule has 2 aromatic heterocycles. The Morgan fingerprint density at radius 3 is 1.52 bits per heavy atom. The molecule has 0 saturated carbocycles. The molecule has 0 aliphatic rings. The smallest absolute Gasteiger partial charge is 0.871 e. The normalized spacial score (nSPS) is 11.1. The van der Waals surface area contributed by atoms with Gasteiger partial charge in [-0.1, -0.05) is 80.3 Å². The van der Waals surface area contributed by atoms with Gasteiger partial charge in [0.05, 0.1) is 32.6 Å². The van der Waals surface area contributed by atoms with E-state index in [0.29, 0.717) is 40.6 Å². The van der Waals surface area contributed by atoms with Gasteiger partial charge in [0.1, 0.15) is 21.5 Å². The van der Waals surface area contributed by atoms with Crippen molar-refractivity contribution in [1.82, 2.24) is 19.6 Å². The molecule has 0 aliphatic carbocycles. The first-order valence-electron chi connectivity index (χ1n) is 16.9. The first-order chi connectivity index (χ1) is 28.2. The van der Waals surface area contributed by atoms with E-state index in [1.54, 1.807) is 55.5 Å². The van der Waals surface area contributed by atoms with E-state index in [-0.39, 0.29) is 105 Å². The Balaban J connectivity index is 0.000000315. The van der Waals surface area contributed by atoms with Gasteiger partial charge >= 0.3 is 76.5 Å². The summed E-state index contributed by atoms with van der Waals surface area (Å²) in [4.78, 5) is 34.0. The number of aryl methyl sites for hydroxylation is 2. The fourth-order valence-electron chi connectivity index (χ4n) is 5.11. The maximum absolute atomic E-state index is 12.7. The number of benzene rings is 5. The molecule has 5 aromatic carbocycles. The number of nitro benzene ring substituents is 1. The van der Waals surface area contributed by atoms with Gasteiger partial charge in [0, 0.05) is 23.2 Å². The number of nitro groups is 1. The minimum atomic E-state index is -5.10. The van der Waals surface area contributed by atoms with Gasteiger partial charge in [0.15, 0.2) is 0 Å². The van der Waals surface area contributed by atoms with Crippen LogP contribution in [0.1, 0.15) is 11.4 Å². The second kappa shape index (κ2) is 22.5. The van der Waals surface area contributed by atoms with E-state index >= 15 is 0 Å². The molecule has 20 nitrogen and oxygen atoms in total. The van der Waals surface area contributed by atoms with Gasteiger partial charge in [-0.3, -0.25) is 19.7 Å². The minimum Gasteiger partial charge on any atom is -0.871 e. The van der Waals surface area contributed by atoms with Gasteiger partial charge in [-0.15, -0.1) is 21.6 Å². The van der Waals surface area contributed by atoms with Crippen molar-refractivity contribution in [2.24, 2.45) is 30.7 Å². The summed E-state index contributed by atoms with van der Waals surface area (Å²) in [6.07, 6.45) is 0. The van der Waals surface area contributed by atoms with Crippen LogP contribution in [-0.4, -0.2) is 27.3 Å². The molecule has 0 N–H and O–H groups in total. The summed E-state index contributed by atoms with van der Waals surface area (Å²) in [5.74, 6) is -1.59. The molecule has 0 bridgehead atoms. The largest absolute Gasteiger partial charge is 3.00 e. The van der Waals surface area contributed by atoms with Crippen LogP contribution < -0.4 is 90.6 Å². The van der Waals surface area contributed by atoms with Crippen molar-refractivity contribution in [2.75, 3.05) is 0 Å². The van der Waals surface area contributed by atoms with E-state index < -0.39 is 48.2 Å². The van der Waals surface area contributed by atoms with E-state index in [0.717, 1.165) is 4.68 Å². The third-order valence-electron chi connectivity index (χ3n) is 7.98. The molecule has 2 heterocycles. The van der Waals surface area contributed by atoms with Crippen LogP contribution in [0.4, 0.5) is 39.8 Å². The number of hydrogen-bond donors (Lipinski definition) is 0. The average Bonchev–Trinajstić information content (AvgIpc) is 3.68. The van der Waals surface area contributed by atoms with E-state index in [4.69, 9.17) is 0 Å². The molecular formula is C38H26CrN11Na2O9S. The second-order valence-electron chi connectivity index (χ2n) is 12.1. The average molecular weight is 911 g/mol. The molecule has 24 heteroatoms. The fourth-order valence-corrected chi connectivity index (χ4v) is 5.62. The van der Waals surface area contributed by atoms with Crippen LogP contribution in [0.2, 0.25) is 0 Å². The van der Waals surface area contributed by atoms with Crippen molar-refractivity contribution in [1.29, 1.82) is 0 Å². The Morgan fingerprint density at radius 1 is 0.597 bits per heavy atom. The SMILES string of the molecule is Cc1[n-]n(-c2ccccc2)c(=O)c1N=Nc1cc(N=Nc2ccccc2)ccc1[O-].Cc1[n-]n(-c2ccccc2)c(=O)c1N=Nc1cc(S(=O)(=O)[O-])cc([N+](=O)[O-])c1[O-].[Cr+3].[Na+].[Na+]. The van der Waals surface area contributed by atoms with E-state index in [1.165, 1.54) is 23.7 Å². The third kappa shape index (κ3) is 12.3. The topological polar surface area (TPSA) is 293 Å². The van der Waals surface area contributed by atoms with Crippen molar-refractivity contribution in [2.45, 2.75) is 18.7 Å². The van der Waals surface area contributed by atoms with Gasteiger partial charge in [-0.05, 0) is 54.6 Å². The molecular weight excluding hydrogens is 885 g/mol. The summed E-state index contributed by atoms with van der Waals surface area (Å²) in [5.41, 5.74) is -0.361. The summed E-state index contributed by atoms with van der Waals surface area (Å²) < 4.78 is 35.9. The number of aromatic nitrogens is 4. The zero-order valence-electron chi connectivity index (χ0n) is 33.0. The van der Waals surface area contributed by atoms with Crippen LogP contribution >= 0.6 is 0 Å². The summed E-state index contributed by atoms with van der Waals surface area (Å²) >= 11 is 0. The fraction of sp³-hybridized carbons (Fsp3) is 0.0526. The van der Waals surface area contributed by atoms with E-state index in [2.05, 4.69) is 40.9 Å². The van der Waals surface area contributed by atoms with Crippen molar-refractivity contribution < 1.29 is 105 Å². The summed E-state index contributed by atoms with van der Waals surface area (Å²) in [5, 5.41) is 66.8. The monoisotopic (exact) mass is 910 g/mol. The van der Waals surface area contributed by atoms with Crippen LogP contribution in [0.15, 0.2) is 166 Å². The quantitative estimate of drug-likeness (QED) is 0.0596. The zero-order valence-corrected chi connectivity index (χ0v) is 39.0. The first-order valence-corrected chi connectivity index (χ1v) is 18.3. The summed E-state index contributed by atoms with van der Waals surface area (Å²) in [6.45, 7) is 3.12. The predicted molar refractivity (Wildman–Crippen MR) is 206 cm³/mol. The molecule has 0 saturated heterocycles. The summed E-state index contributed by atoms with van der Waals surface area (Å²) in [6, 6.07) is 31.9. The second-order valence-corrected chi connectivity index (χ2v) is 13.4. The Morgan fingerprint density at radius 2 is 1.05 bits per heavy atom. The molecule has 7 aromatic rings. The van der Waals surface area contributed by atoms with Crippen LogP contribution in [-0.2, 0) is 27.5 Å². The molecule has 62 heavy (non-hydrogen) atoms. The molecule has 1 radical (unpaired) electrons. The van der Waals surface area contributed by atoms with E-state index in [1.807, 2.05) is 48.5 Å². The molecule has 0 atom stereocenters. The van der Waals surface area contributed by atoms with Crippen molar-refractivity contribution in [3.63, 3.8) is 0 Å². The zero-order chi connectivity index (χ0) is 42.3. The number of rotatable bonds is 10. The maximum atomic E-state index is 12.7. The molecule has 7 rings (SSSR count). The van der Waals surface area contributed by atoms with Crippen molar-refractivity contribution in [3.8, 4) is 22.9 Å². The standard InChI is InChI=1S/C22H18N6O2.C16H13N5O7S.Cr.2Na/c1-15-21(22(30)28(27-15)18-10-6-3-7-11-18)26-25-19-14-17(12-13-20(19)29)24-23-16-8-4-2-5-9-16;1-9-14(16(23)20(19-9)10-5-3-2-4-6-10)18-17-12-7-11(29(26,27)28)8-13(15(12)22)21(24)25;;;/h2-14H,1H3,(H2,23,24,25,26,27,29,30);2-8H,1H3,(H3,17,18,19,22,23,26,27,28);;;/q;;+3;2*+1/p-5. The first kappa shape index (κ1) is 50.7. The molecule has 0 spiro atoms. The molecule has 0 fully saturated rings. The summed E-state index contributed by atoms with van der Waals surface area (Å²) in [7, 11) is -5.10. The van der Waals surface area contributed by atoms with Gasteiger partial charge in [0.25, 0.3) is 16.8 Å². The van der Waals surface area contributed by atoms with Crippen LogP contribution in [0.25, 0.3) is 11.4 Å². The Kier molecular flexibility index (Phi) is 18.4. The van der Waals surface area contributed by atoms with Crippen molar-refractivity contribution >= 4 is 49.9 Å². The number of nitrogens with zero attached hydrogens (tertiary/aromatic N) is 11. The van der Waals surface area contributed by atoms with Crippen LogP contribution in [0.5, 0.6) is 11.5 Å². The molecule has 0 aliphatic heterocycles. The molecule has 0 amide bonds. The third-order valence-corrected chi connectivity index (χ3v) is 8.79. The number of para-hydroxylation sites is 2. The van der Waals surface area contributed by atoms with Gasteiger partial charge in [-0.25, -0.2) is 8.42 Å². The van der Waals surface area contributed by atoms with Gasteiger partial charge in [0.2, 0.25) is 0 Å².